The van der Waals surface area contributed by atoms with E-state index in [-0.39, 0.29) is 24.3 Å². The van der Waals surface area contributed by atoms with Crippen molar-refractivity contribution in [3.8, 4) is 0 Å². The minimum absolute atomic E-state index is 0.000256. The van der Waals surface area contributed by atoms with E-state index in [0.29, 0.717) is 25.3 Å². The van der Waals surface area contributed by atoms with Gasteiger partial charge in [0.05, 0.1) is 11.4 Å². The summed E-state index contributed by atoms with van der Waals surface area (Å²) >= 11 is 1.44. The number of hydrogen-bond donors (Lipinski definition) is 2. The van der Waals surface area contributed by atoms with Crippen LogP contribution in [0.5, 0.6) is 0 Å². The third-order valence-corrected chi connectivity index (χ3v) is 4.22. The fourth-order valence-electron chi connectivity index (χ4n) is 2.25. The summed E-state index contributed by atoms with van der Waals surface area (Å²) in [5, 5.41) is 7.37. The number of nitrogens with zero attached hydrogens (tertiary/aromatic N) is 1. The maximum absolute atomic E-state index is 12.2. The van der Waals surface area contributed by atoms with Crippen LogP contribution in [-0.4, -0.2) is 48.0 Å². The molecule has 0 unspecified atom stereocenters. The molecule has 0 bridgehead atoms. The second-order valence-electron chi connectivity index (χ2n) is 5.35. The number of nitrogens with one attached hydrogen (secondary N) is 2. The first-order valence-electron chi connectivity index (χ1n) is 7.76. The van der Waals surface area contributed by atoms with Crippen molar-refractivity contribution in [1.82, 2.24) is 15.5 Å². The molecule has 0 saturated carbocycles. The van der Waals surface area contributed by atoms with Crippen molar-refractivity contribution in [2.75, 3.05) is 25.4 Å². The number of thioether (sulfide) groups is 1. The van der Waals surface area contributed by atoms with Gasteiger partial charge in [-0.3, -0.25) is 14.4 Å². The van der Waals surface area contributed by atoms with Gasteiger partial charge in [0.1, 0.15) is 6.54 Å². The van der Waals surface area contributed by atoms with Crippen molar-refractivity contribution < 1.29 is 14.4 Å². The highest BCUT2D eigenvalue weighted by molar-refractivity contribution is 8.03. The number of rotatable bonds is 7. The highest BCUT2D eigenvalue weighted by Gasteiger charge is 2.25. The van der Waals surface area contributed by atoms with E-state index in [0.717, 1.165) is 11.3 Å². The molecule has 0 saturated heterocycles. The summed E-state index contributed by atoms with van der Waals surface area (Å²) in [7, 11) is 0. The molecule has 6 nitrogen and oxygen atoms in total. The third kappa shape index (κ3) is 5.42. The van der Waals surface area contributed by atoms with Gasteiger partial charge in [0.2, 0.25) is 17.7 Å². The first-order chi connectivity index (χ1) is 11.6. The average molecular weight is 347 g/mol. The number of benzene rings is 1. The lowest BCUT2D eigenvalue weighted by Gasteiger charge is -2.28. The summed E-state index contributed by atoms with van der Waals surface area (Å²) in [5.74, 6) is -0.0309. The maximum atomic E-state index is 12.2. The Bertz CT molecular complexity index is 631. The number of amides is 3. The van der Waals surface area contributed by atoms with Crippen LogP contribution in [-0.2, 0) is 14.4 Å². The zero-order valence-corrected chi connectivity index (χ0v) is 14.4. The monoisotopic (exact) mass is 347 g/mol. The zero-order valence-electron chi connectivity index (χ0n) is 13.6. The van der Waals surface area contributed by atoms with Gasteiger partial charge in [-0.25, -0.2) is 0 Å². The van der Waals surface area contributed by atoms with Gasteiger partial charge >= 0.3 is 0 Å². The van der Waals surface area contributed by atoms with Crippen molar-refractivity contribution in [1.29, 1.82) is 0 Å². The summed E-state index contributed by atoms with van der Waals surface area (Å²) in [6, 6.07) is 9.56. The summed E-state index contributed by atoms with van der Waals surface area (Å²) in [4.78, 5) is 36.6. The van der Waals surface area contributed by atoms with E-state index in [4.69, 9.17) is 0 Å². The summed E-state index contributed by atoms with van der Waals surface area (Å²) in [5.41, 5.74) is 1.67. The topological polar surface area (TPSA) is 78.5 Å². The van der Waals surface area contributed by atoms with Crippen LogP contribution in [0.15, 0.2) is 35.7 Å². The molecule has 0 fully saturated rings. The van der Waals surface area contributed by atoms with E-state index in [9.17, 15) is 14.4 Å². The van der Waals surface area contributed by atoms with Crippen LogP contribution in [0.4, 0.5) is 0 Å². The molecule has 2 N–H and O–H groups in total. The van der Waals surface area contributed by atoms with Crippen molar-refractivity contribution in [2.45, 2.75) is 13.3 Å². The Hall–Kier alpha value is -2.28. The quantitative estimate of drug-likeness (QED) is 0.727. The highest BCUT2D eigenvalue weighted by atomic mass is 32.2. The fourth-order valence-corrected chi connectivity index (χ4v) is 3.06. The Kier molecular flexibility index (Phi) is 6.87. The Balaban J connectivity index is 1.89. The number of carbonyl (C=O) groups excluding carboxylic acids is 3. The van der Waals surface area contributed by atoms with E-state index in [1.165, 1.54) is 23.6 Å². The van der Waals surface area contributed by atoms with E-state index in [1.54, 1.807) is 0 Å². The Labute approximate surface area is 145 Å². The van der Waals surface area contributed by atoms with Crippen LogP contribution < -0.4 is 10.6 Å². The standard InChI is InChI=1S/C17H21N3O3S/c1-13(21)18-8-5-9-19-16(22)10-20-15(11-24-12-17(20)23)14-6-3-2-4-7-14/h2-4,6-7,11H,5,8-10,12H2,1H3,(H,18,21)(H,19,22). The number of carbonyl (C=O) groups is 3. The van der Waals surface area contributed by atoms with Crippen LogP contribution in [0.1, 0.15) is 18.9 Å². The predicted octanol–water partition coefficient (Wildman–Crippen LogP) is 1.20. The molecule has 1 heterocycles. The lowest BCUT2D eigenvalue weighted by Crippen LogP contribution is -2.42. The first kappa shape index (κ1) is 18.1. The Morgan fingerprint density at radius 3 is 2.58 bits per heavy atom. The van der Waals surface area contributed by atoms with Gasteiger partial charge in [0.25, 0.3) is 0 Å². The van der Waals surface area contributed by atoms with Crippen molar-refractivity contribution in [3.05, 3.63) is 41.3 Å². The van der Waals surface area contributed by atoms with E-state index in [1.807, 2.05) is 35.7 Å². The lowest BCUT2D eigenvalue weighted by atomic mass is 10.1. The molecule has 0 spiro atoms. The molecule has 7 heteroatoms. The molecule has 3 amide bonds. The SMILES string of the molecule is CC(=O)NCCCNC(=O)CN1C(=O)CSC=C1c1ccccc1. The maximum Gasteiger partial charge on any atom is 0.240 e. The number of hydrogen-bond acceptors (Lipinski definition) is 4. The Morgan fingerprint density at radius 2 is 1.88 bits per heavy atom. The smallest absolute Gasteiger partial charge is 0.240 e. The van der Waals surface area contributed by atoms with Gasteiger partial charge in [-0.05, 0) is 17.4 Å². The molecule has 2 rings (SSSR count). The second-order valence-corrected chi connectivity index (χ2v) is 6.20. The highest BCUT2D eigenvalue weighted by Crippen LogP contribution is 2.27. The van der Waals surface area contributed by atoms with Gasteiger partial charge in [0, 0.05) is 20.0 Å². The van der Waals surface area contributed by atoms with Gasteiger partial charge in [0.15, 0.2) is 0 Å². The largest absolute Gasteiger partial charge is 0.356 e. The molecule has 1 aliphatic heterocycles. The summed E-state index contributed by atoms with van der Waals surface area (Å²) in [6.07, 6.45) is 0.649. The van der Waals surface area contributed by atoms with Crippen molar-refractivity contribution in [2.24, 2.45) is 0 Å². The Morgan fingerprint density at radius 1 is 1.17 bits per heavy atom. The van der Waals surface area contributed by atoms with E-state index >= 15 is 0 Å². The molecule has 0 aliphatic carbocycles. The van der Waals surface area contributed by atoms with Gasteiger partial charge in [-0.2, -0.15) is 0 Å². The molecule has 0 atom stereocenters. The van der Waals surface area contributed by atoms with Crippen molar-refractivity contribution >= 4 is 35.2 Å². The molecule has 24 heavy (non-hydrogen) atoms. The van der Waals surface area contributed by atoms with E-state index < -0.39 is 0 Å². The van der Waals surface area contributed by atoms with E-state index in [2.05, 4.69) is 10.6 Å². The van der Waals surface area contributed by atoms with Crippen LogP contribution >= 0.6 is 11.8 Å². The molecule has 1 aromatic carbocycles. The summed E-state index contributed by atoms with van der Waals surface area (Å²) in [6.45, 7) is 2.43. The van der Waals surface area contributed by atoms with Crippen LogP contribution in [0, 0.1) is 0 Å². The molecule has 0 radical (unpaired) electrons. The predicted molar refractivity (Wildman–Crippen MR) is 94.9 cm³/mol. The molecular formula is C17H21N3O3S. The molecule has 1 aromatic rings. The van der Waals surface area contributed by atoms with Crippen molar-refractivity contribution in [3.63, 3.8) is 0 Å². The minimum atomic E-state index is -0.208. The van der Waals surface area contributed by atoms with Crippen LogP contribution in [0.2, 0.25) is 0 Å². The van der Waals surface area contributed by atoms with Crippen LogP contribution in [0.3, 0.4) is 0 Å². The average Bonchev–Trinajstić information content (AvgIpc) is 2.57. The van der Waals surface area contributed by atoms with Gasteiger partial charge in [-0.1, -0.05) is 30.3 Å². The van der Waals surface area contributed by atoms with Crippen LogP contribution in [0.25, 0.3) is 5.70 Å². The molecule has 1 aliphatic rings. The zero-order chi connectivity index (χ0) is 17.4. The fraction of sp³-hybridized carbons (Fsp3) is 0.353. The molecule has 128 valence electrons. The lowest BCUT2D eigenvalue weighted by molar-refractivity contribution is -0.131. The van der Waals surface area contributed by atoms with Gasteiger partial charge < -0.3 is 15.5 Å². The minimum Gasteiger partial charge on any atom is -0.356 e. The first-order valence-corrected chi connectivity index (χ1v) is 8.81. The second kappa shape index (κ2) is 9.12. The third-order valence-electron chi connectivity index (χ3n) is 3.41. The normalized spacial score (nSPS) is 14.1. The molecular weight excluding hydrogens is 326 g/mol. The molecule has 0 aromatic heterocycles. The van der Waals surface area contributed by atoms with Gasteiger partial charge in [-0.15, -0.1) is 11.8 Å². The summed E-state index contributed by atoms with van der Waals surface area (Å²) < 4.78 is 0.